The number of hydrogen-bond donors (Lipinski definition) is 1. The summed E-state index contributed by atoms with van der Waals surface area (Å²) >= 11 is 12.6. The Bertz CT molecular complexity index is 1290. The zero-order valence-corrected chi connectivity index (χ0v) is 22.3. The number of nitrogens with one attached hydrogen (secondary N) is 1. The van der Waals surface area contributed by atoms with Crippen molar-refractivity contribution in [1.29, 1.82) is 5.26 Å². The van der Waals surface area contributed by atoms with Crippen LogP contribution >= 0.6 is 23.2 Å². The molecule has 4 rings (SSSR count). The van der Waals surface area contributed by atoms with Gasteiger partial charge in [0.2, 0.25) is 0 Å². The topological polar surface area (TPSA) is 82.9 Å². The summed E-state index contributed by atoms with van der Waals surface area (Å²) in [7, 11) is 5.26. The number of fused-ring (bicyclic) bond motifs is 1. The van der Waals surface area contributed by atoms with Crippen molar-refractivity contribution in [2.75, 3.05) is 52.8 Å². The van der Waals surface area contributed by atoms with Gasteiger partial charge in [-0.05, 0) is 25.6 Å². The standard InChI is InChI=1S/C26H29Cl2N5O3/c1-5-25(33-8-6-32(2)7-9-33)36-24-12-20-17(10-23(24)35-4)26(16(14-29)15-30-20)31-21-13-22(34-3)19(28)11-18(21)27/h10-13,15,25H,5-9H2,1-4H3,(H,30,31). The van der Waals surface area contributed by atoms with Crippen LogP contribution in [0.4, 0.5) is 11.4 Å². The van der Waals surface area contributed by atoms with Gasteiger partial charge in [0.25, 0.3) is 0 Å². The van der Waals surface area contributed by atoms with E-state index in [2.05, 4.69) is 40.1 Å². The smallest absolute Gasteiger partial charge is 0.165 e. The monoisotopic (exact) mass is 529 g/mol. The third kappa shape index (κ3) is 5.40. The van der Waals surface area contributed by atoms with E-state index in [1.54, 1.807) is 19.2 Å². The first-order chi connectivity index (χ1) is 17.4. The second kappa shape index (κ2) is 11.4. The average molecular weight is 530 g/mol. The Morgan fingerprint density at radius 3 is 2.39 bits per heavy atom. The maximum absolute atomic E-state index is 9.79. The Balaban J connectivity index is 1.73. The minimum atomic E-state index is -0.0821. The molecule has 2 aromatic carbocycles. The fourth-order valence-electron chi connectivity index (χ4n) is 4.26. The molecule has 0 amide bonds. The molecule has 0 saturated carbocycles. The van der Waals surface area contributed by atoms with Crippen molar-refractivity contribution in [3.8, 4) is 23.3 Å². The number of piperazine rings is 1. The highest BCUT2D eigenvalue weighted by Crippen LogP contribution is 2.40. The summed E-state index contributed by atoms with van der Waals surface area (Å²) in [5.41, 5.74) is 2.09. The maximum Gasteiger partial charge on any atom is 0.165 e. The van der Waals surface area contributed by atoms with Gasteiger partial charge >= 0.3 is 0 Å². The molecule has 1 N–H and O–H groups in total. The predicted octanol–water partition coefficient (Wildman–Crippen LogP) is 5.54. The molecular formula is C26H29Cl2N5O3. The summed E-state index contributed by atoms with van der Waals surface area (Å²) in [5.74, 6) is 1.61. The summed E-state index contributed by atoms with van der Waals surface area (Å²) in [6, 6.07) is 9.16. The van der Waals surface area contributed by atoms with Crippen LogP contribution in [0.25, 0.3) is 10.9 Å². The van der Waals surface area contributed by atoms with Crippen LogP contribution in [0.2, 0.25) is 10.0 Å². The van der Waals surface area contributed by atoms with Gasteiger partial charge in [-0.25, -0.2) is 0 Å². The van der Waals surface area contributed by atoms with Crippen molar-refractivity contribution >= 4 is 45.5 Å². The highest BCUT2D eigenvalue weighted by Gasteiger charge is 2.24. The van der Waals surface area contributed by atoms with E-state index >= 15 is 0 Å². The normalized spacial score (nSPS) is 15.4. The molecule has 0 spiro atoms. The summed E-state index contributed by atoms with van der Waals surface area (Å²) < 4.78 is 17.5. The zero-order chi connectivity index (χ0) is 25.8. The van der Waals surface area contributed by atoms with Gasteiger partial charge in [-0.15, -0.1) is 0 Å². The van der Waals surface area contributed by atoms with Crippen LogP contribution in [0, 0.1) is 11.3 Å². The first-order valence-electron chi connectivity index (χ1n) is 11.7. The van der Waals surface area contributed by atoms with E-state index < -0.39 is 0 Å². The third-order valence-electron chi connectivity index (χ3n) is 6.33. The van der Waals surface area contributed by atoms with E-state index in [1.807, 2.05) is 12.1 Å². The second-order valence-electron chi connectivity index (χ2n) is 8.59. The number of nitriles is 1. The van der Waals surface area contributed by atoms with Gasteiger partial charge < -0.3 is 24.4 Å². The lowest BCUT2D eigenvalue weighted by Crippen LogP contribution is -2.50. The molecule has 36 heavy (non-hydrogen) atoms. The number of halogens is 2. The summed E-state index contributed by atoms with van der Waals surface area (Å²) in [6.45, 7) is 5.99. The van der Waals surface area contributed by atoms with Crippen LogP contribution in [0.1, 0.15) is 18.9 Å². The molecule has 0 bridgehead atoms. The van der Waals surface area contributed by atoms with E-state index in [0.717, 1.165) is 32.6 Å². The average Bonchev–Trinajstić information content (AvgIpc) is 2.88. The lowest BCUT2D eigenvalue weighted by Gasteiger charge is -2.37. The number of benzene rings is 2. The summed E-state index contributed by atoms with van der Waals surface area (Å²) in [6.07, 6.45) is 2.27. The fraction of sp³-hybridized carbons (Fsp3) is 0.385. The largest absolute Gasteiger partial charge is 0.495 e. The number of ether oxygens (including phenoxy) is 3. The Labute approximate surface area is 221 Å². The van der Waals surface area contributed by atoms with E-state index in [-0.39, 0.29) is 6.23 Å². The summed E-state index contributed by atoms with van der Waals surface area (Å²) in [5, 5.41) is 14.5. The van der Waals surface area contributed by atoms with Crippen LogP contribution in [0.5, 0.6) is 17.2 Å². The minimum Gasteiger partial charge on any atom is -0.495 e. The number of pyridine rings is 1. The van der Waals surface area contributed by atoms with Crippen LogP contribution in [-0.4, -0.2) is 68.5 Å². The lowest BCUT2D eigenvalue weighted by molar-refractivity contribution is -0.00647. The number of rotatable bonds is 8. The molecule has 1 atom stereocenters. The minimum absolute atomic E-state index is 0.0821. The maximum atomic E-state index is 9.79. The highest BCUT2D eigenvalue weighted by atomic mass is 35.5. The third-order valence-corrected chi connectivity index (χ3v) is 6.94. The molecule has 0 radical (unpaired) electrons. The Kier molecular flexibility index (Phi) is 8.27. The van der Waals surface area contributed by atoms with Crippen molar-refractivity contribution in [2.45, 2.75) is 19.6 Å². The van der Waals surface area contributed by atoms with Gasteiger partial charge in [-0.3, -0.25) is 9.88 Å². The molecular weight excluding hydrogens is 501 g/mol. The molecule has 1 aromatic heterocycles. The molecule has 2 heterocycles. The second-order valence-corrected chi connectivity index (χ2v) is 9.40. The fourth-order valence-corrected chi connectivity index (χ4v) is 4.77. The number of nitrogens with zero attached hydrogens (tertiary/aromatic N) is 4. The molecule has 190 valence electrons. The van der Waals surface area contributed by atoms with Crippen molar-refractivity contribution in [3.63, 3.8) is 0 Å². The van der Waals surface area contributed by atoms with Crippen LogP contribution in [0.3, 0.4) is 0 Å². The molecule has 1 fully saturated rings. The Morgan fingerprint density at radius 2 is 1.75 bits per heavy atom. The molecule has 0 aliphatic carbocycles. The number of likely N-dealkylation sites (N-methyl/N-ethyl adjacent to an activating group) is 1. The zero-order valence-electron chi connectivity index (χ0n) is 20.8. The van der Waals surface area contributed by atoms with Crippen molar-refractivity contribution in [2.24, 2.45) is 0 Å². The molecule has 1 unspecified atom stereocenters. The molecule has 3 aromatic rings. The van der Waals surface area contributed by atoms with Crippen LogP contribution < -0.4 is 19.5 Å². The van der Waals surface area contributed by atoms with Crippen LogP contribution in [-0.2, 0) is 0 Å². The molecule has 1 aliphatic rings. The van der Waals surface area contributed by atoms with Crippen molar-refractivity contribution in [3.05, 3.63) is 46.1 Å². The van der Waals surface area contributed by atoms with Gasteiger partial charge in [0.1, 0.15) is 11.8 Å². The van der Waals surface area contributed by atoms with E-state index in [4.69, 9.17) is 37.4 Å². The number of hydrogen-bond acceptors (Lipinski definition) is 8. The first kappa shape index (κ1) is 26.1. The van der Waals surface area contributed by atoms with Gasteiger partial charge in [0.05, 0.1) is 46.7 Å². The van der Waals surface area contributed by atoms with Gasteiger partial charge in [0, 0.05) is 49.9 Å². The highest BCUT2D eigenvalue weighted by molar-refractivity contribution is 6.37. The molecule has 8 nitrogen and oxygen atoms in total. The Hall–Kier alpha value is -2.96. The van der Waals surface area contributed by atoms with Crippen molar-refractivity contribution in [1.82, 2.24) is 14.8 Å². The number of anilines is 2. The Morgan fingerprint density at radius 1 is 1.03 bits per heavy atom. The number of methoxy groups -OCH3 is 2. The van der Waals surface area contributed by atoms with E-state index in [1.165, 1.54) is 13.3 Å². The SMILES string of the molecule is CCC(Oc1cc2ncc(C#N)c(Nc3cc(OC)c(Cl)cc3Cl)c2cc1OC)N1CCN(C)CC1. The van der Waals surface area contributed by atoms with Gasteiger partial charge in [0.15, 0.2) is 17.7 Å². The van der Waals surface area contributed by atoms with Crippen molar-refractivity contribution < 1.29 is 14.2 Å². The molecule has 1 saturated heterocycles. The predicted molar refractivity (Wildman–Crippen MR) is 143 cm³/mol. The molecule has 1 aliphatic heterocycles. The summed E-state index contributed by atoms with van der Waals surface area (Å²) in [4.78, 5) is 9.18. The van der Waals surface area contributed by atoms with Gasteiger partial charge in [-0.1, -0.05) is 30.1 Å². The quantitative estimate of drug-likeness (QED) is 0.407. The lowest BCUT2D eigenvalue weighted by atomic mass is 10.1. The van der Waals surface area contributed by atoms with Crippen LogP contribution in [0.15, 0.2) is 30.5 Å². The number of aromatic nitrogens is 1. The van der Waals surface area contributed by atoms with E-state index in [9.17, 15) is 5.26 Å². The molecule has 10 heteroatoms. The van der Waals surface area contributed by atoms with E-state index in [0.29, 0.717) is 55.1 Å². The van der Waals surface area contributed by atoms with Gasteiger partial charge in [-0.2, -0.15) is 5.26 Å². The first-order valence-corrected chi connectivity index (χ1v) is 12.4.